The second kappa shape index (κ2) is 6.98. The summed E-state index contributed by atoms with van der Waals surface area (Å²) in [7, 11) is 0. The first-order chi connectivity index (χ1) is 13.0. The summed E-state index contributed by atoms with van der Waals surface area (Å²) in [5.74, 6) is 0.210. The predicted molar refractivity (Wildman–Crippen MR) is 101 cm³/mol. The maximum atomic E-state index is 13.0. The van der Waals surface area contributed by atoms with E-state index in [0.717, 1.165) is 36.1 Å². The number of carbonyl (C=O) groups excluding carboxylic acids is 3. The zero-order valence-electron chi connectivity index (χ0n) is 15.8. The lowest BCUT2D eigenvalue weighted by molar-refractivity contribution is -0.140. The maximum Gasteiger partial charge on any atom is 0.325 e. The summed E-state index contributed by atoms with van der Waals surface area (Å²) in [6.07, 6.45) is 5.04. The van der Waals surface area contributed by atoms with Gasteiger partial charge in [0.25, 0.3) is 5.91 Å². The molecule has 1 spiro atoms. The van der Waals surface area contributed by atoms with Gasteiger partial charge in [0.1, 0.15) is 12.1 Å². The lowest BCUT2D eigenvalue weighted by Crippen LogP contribution is -2.50. The minimum atomic E-state index is -0.784. The summed E-state index contributed by atoms with van der Waals surface area (Å²) in [5, 5.41) is 2.90. The van der Waals surface area contributed by atoms with Crippen molar-refractivity contribution in [3.05, 3.63) is 35.9 Å². The Bertz CT molecular complexity index is 740. The third-order valence-corrected chi connectivity index (χ3v) is 6.42. The van der Waals surface area contributed by atoms with Gasteiger partial charge in [-0.05, 0) is 50.0 Å². The molecule has 2 heterocycles. The Morgan fingerprint density at radius 1 is 1.15 bits per heavy atom. The fourth-order valence-corrected chi connectivity index (χ4v) is 4.73. The molecule has 0 radical (unpaired) electrons. The summed E-state index contributed by atoms with van der Waals surface area (Å²) < 4.78 is 0. The highest BCUT2D eigenvalue weighted by Gasteiger charge is 2.52. The Morgan fingerprint density at radius 3 is 2.56 bits per heavy atom. The van der Waals surface area contributed by atoms with Gasteiger partial charge in [0, 0.05) is 6.54 Å². The van der Waals surface area contributed by atoms with Gasteiger partial charge in [0.05, 0.1) is 6.04 Å². The smallest absolute Gasteiger partial charge is 0.325 e. The summed E-state index contributed by atoms with van der Waals surface area (Å²) in [6, 6.07) is 9.58. The van der Waals surface area contributed by atoms with Crippen LogP contribution in [0.1, 0.15) is 57.1 Å². The van der Waals surface area contributed by atoms with Crippen molar-refractivity contribution < 1.29 is 14.4 Å². The molecule has 2 saturated heterocycles. The van der Waals surface area contributed by atoms with Crippen molar-refractivity contribution in [2.24, 2.45) is 5.92 Å². The lowest BCUT2D eigenvalue weighted by Gasteiger charge is -2.33. The topological polar surface area (TPSA) is 69.7 Å². The summed E-state index contributed by atoms with van der Waals surface area (Å²) in [6.45, 7) is 2.68. The molecule has 1 aliphatic carbocycles. The van der Waals surface area contributed by atoms with Crippen LogP contribution in [0.5, 0.6) is 0 Å². The van der Waals surface area contributed by atoms with E-state index < -0.39 is 11.6 Å². The normalized spacial score (nSPS) is 30.9. The molecule has 6 nitrogen and oxygen atoms in total. The first-order valence-electron chi connectivity index (χ1n) is 9.99. The van der Waals surface area contributed by atoms with Crippen LogP contribution in [-0.4, -0.2) is 46.3 Å². The SMILES string of the molecule is CC1CCC2(CC1)NC(=O)N(CC(=O)N1CCCC1c1ccccc1)C2=O. The minimum Gasteiger partial charge on any atom is -0.334 e. The molecule has 1 unspecified atom stereocenters. The Hall–Kier alpha value is -2.37. The van der Waals surface area contributed by atoms with Gasteiger partial charge in [-0.2, -0.15) is 0 Å². The number of hydrogen-bond donors (Lipinski definition) is 1. The first-order valence-corrected chi connectivity index (χ1v) is 9.99. The number of hydrogen-bond acceptors (Lipinski definition) is 3. The molecule has 1 aromatic rings. The van der Waals surface area contributed by atoms with Crippen molar-refractivity contribution in [1.29, 1.82) is 0 Å². The second-order valence-electron chi connectivity index (χ2n) is 8.24. The standard InChI is InChI=1S/C21H27N3O3/c1-15-9-11-21(12-10-15)19(26)24(20(27)22-21)14-18(25)23-13-5-8-17(23)16-6-3-2-4-7-16/h2-4,6-7,15,17H,5,8-14H2,1H3,(H,22,27). The molecule has 1 atom stereocenters. The van der Waals surface area contributed by atoms with Gasteiger partial charge < -0.3 is 10.2 Å². The minimum absolute atomic E-state index is 0.0314. The van der Waals surface area contributed by atoms with Gasteiger partial charge in [-0.15, -0.1) is 0 Å². The molecule has 0 aromatic heterocycles. The molecule has 1 saturated carbocycles. The molecule has 144 valence electrons. The number of amides is 4. The Morgan fingerprint density at radius 2 is 1.85 bits per heavy atom. The number of rotatable bonds is 3. The summed E-state index contributed by atoms with van der Waals surface area (Å²) in [5.41, 5.74) is 0.326. The van der Waals surface area contributed by atoms with Crippen LogP contribution in [0.2, 0.25) is 0 Å². The zero-order chi connectivity index (χ0) is 19.0. The van der Waals surface area contributed by atoms with Gasteiger partial charge in [-0.3, -0.25) is 14.5 Å². The van der Waals surface area contributed by atoms with E-state index in [1.807, 2.05) is 35.2 Å². The summed E-state index contributed by atoms with van der Waals surface area (Å²) >= 11 is 0. The van der Waals surface area contributed by atoms with Gasteiger partial charge in [-0.25, -0.2) is 4.79 Å². The monoisotopic (exact) mass is 369 g/mol. The number of carbonyl (C=O) groups is 3. The van der Waals surface area contributed by atoms with Gasteiger partial charge in [-0.1, -0.05) is 37.3 Å². The summed E-state index contributed by atoms with van der Waals surface area (Å²) in [4.78, 5) is 41.4. The first kappa shape index (κ1) is 18.0. The fourth-order valence-electron chi connectivity index (χ4n) is 4.73. The van der Waals surface area contributed by atoms with E-state index in [0.29, 0.717) is 25.3 Å². The average molecular weight is 369 g/mol. The van der Waals surface area contributed by atoms with Crippen LogP contribution in [0.15, 0.2) is 30.3 Å². The molecular weight excluding hydrogens is 342 g/mol. The third-order valence-electron chi connectivity index (χ3n) is 6.42. The highest BCUT2D eigenvalue weighted by atomic mass is 16.2. The van der Waals surface area contributed by atoms with E-state index in [9.17, 15) is 14.4 Å². The molecule has 0 bridgehead atoms. The zero-order valence-corrected chi connectivity index (χ0v) is 15.8. The van der Waals surface area contributed by atoms with E-state index in [2.05, 4.69) is 12.2 Å². The van der Waals surface area contributed by atoms with Crippen LogP contribution in [0, 0.1) is 5.92 Å². The van der Waals surface area contributed by atoms with Crippen molar-refractivity contribution in [3.63, 3.8) is 0 Å². The number of imide groups is 1. The van der Waals surface area contributed by atoms with E-state index in [-0.39, 0.29) is 24.4 Å². The molecule has 3 aliphatic rings. The number of benzene rings is 1. The van der Waals surface area contributed by atoms with Crippen LogP contribution >= 0.6 is 0 Å². The molecule has 1 aromatic carbocycles. The third kappa shape index (κ3) is 3.22. The molecule has 3 fully saturated rings. The molecule has 4 amide bonds. The van der Waals surface area contributed by atoms with Crippen LogP contribution in [0.3, 0.4) is 0 Å². The van der Waals surface area contributed by atoms with E-state index in [1.165, 1.54) is 0 Å². The molecule has 27 heavy (non-hydrogen) atoms. The second-order valence-corrected chi connectivity index (χ2v) is 8.24. The number of urea groups is 1. The maximum absolute atomic E-state index is 13.0. The van der Waals surface area contributed by atoms with Crippen molar-refractivity contribution >= 4 is 17.8 Å². The van der Waals surface area contributed by atoms with Gasteiger partial charge in [0.15, 0.2) is 0 Å². The van der Waals surface area contributed by atoms with Crippen LogP contribution in [0.4, 0.5) is 4.79 Å². The van der Waals surface area contributed by atoms with Crippen molar-refractivity contribution in [3.8, 4) is 0 Å². The molecule has 6 heteroatoms. The van der Waals surface area contributed by atoms with E-state index in [4.69, 9.17) is 0 Å². The molecular formula is C21H27N3O3. The molecule has 4 rings (SSSR count). The van der Waals surface area contributed by atoms with Crippen molar-refractivity contribution in [1.82, 2.24) is 15.1 Å². The van der Waals surface area contributed by atoms with Gasteiger partial charge in [0.2, 0.25) is 5.91 Å². The Labute approximate surface area is 159 Å². The fraction of sp³-hybridized carbons (Fsp3) is 0.571. The van der Waals surface area contributed by atoms with Crippen molar-refractivity contribution in [2.45, 2.75) is 57.0 Å². The number of nitrogens with zero attached hydrogens (tertiary/aromatic N) is 2. The molecule has 2 aliphatic heterocycles. The van der Waals surface area contributed by atoms with E-state index >= 15 is 0 Å². The highest BCUT2D eigenvalue weighted by Crippen LogP contribution is 2.37. The number of likely N-dealkylation sites (tertiary alicyclic amines) is 1. The van der Waals surface area contributed by atoms with Crippen LogP contribution < -0.4 is 5.32 Å². The Balaban J connectivity index is 1.46. The Kier molecular flexibility index (Phi) is 4.66. The number of nitrogens with one attached hydrogen (secondary N) is 1. The largest absolute Gasteiger partial charge is 0.334 e. The molecule has 1 N–H and O–H groups in total. The van der Waals surface area contributed by atoms with Crippen LogP contribution in [-0.2, 0) is 9.59 Å². The lowest BCUT2D eigenvalue weighted by atomic mass is 9.77. The highest BCUT2D eigenvalue weighted by molar-refractivity contribution is 6.09. The average Bonchev–Trinajstić information content (AvgIpc) is 3.25. The van der Waals surface area contributed by atoms with E-state index in [1.54, 1.807) is 0 Å². The quantitative estimate of drug-likeness (QED) is 0.833. The van der Waals surface area contributed by atoms with Crippen LogP contribution in [0.25, 0.3) is 0 Å². The van der Waals surface area contributed by atoms with Crippen molar-refractivity contribution in [2.75, 3.05) is 13.1 Å². The van der Waals surface area contributed by atoms with Gasteiger partial charge >= 0.3 is 6.03 Å². The predicted octanol–water partition coefficient (Wildman–Crippen LogP) is 2.85.